The van der Waals surface area contributed by atoms with Gasteiger partial charge in [-0.15, -0.1) is 0 Å². The lowest BCUT2D eigenvalue weighted by atomic mass is 10.1. The number of nitro groups is 1. The summed E-state index contributed by atoms with van der Waals surface area (Å²) in [6.07, 6.45) is 3.00. The minimum Gasteiger partial charge on any atom is -0.362 e. The molecule has 3 aromatic rings. The lowest BCUT2D eigenvalue weighted by Crippen LogP contribution is -2.48. The number of carbonyl (C=O) groups excluding carboxylic acids is 2. The Morgan fingerprint density at radius 1 is 1.15 bits per heavy atom. The molecule has 10 nitrogen and oxygen atoms in total. The maximum atomic E-state index is 12.9. The number of nitrogens with one attached hydrogen (secondary N) is 2. The molecule has 0 bridgehead atoms. The molecule has 0 unspecified atom stereocenters. The summed E-state index contributed by atoms with van der Waals surface area (Å²) in [5.74, 6) is 0.475. The minimum absolute atomic E-state index is 0.00771. The van der Waals surface area contributed by atoms with Gasteiger partial charge in [0, 0.05) is 56.8 Å². The van der Waals surface area contributed by atoms with Crippen molar-refractivity contribution >= 4 is 39.9 Å². The van der Waals surface area contributed by atoms with E-state index >= 15 is 0 Å². The number of benzene rings is 2. The first-order valence-corrected chi connectivity index (χ1v) is 11.4. The third-order valence-corrected chi connectivity index (χ3v) is 6.06. The third kappa shape index (κ3) is 5.00. The van der Waals surface area contributed by atoms with Crippen LogP contribution in [0.4, 0.5) is 17.1 Å². The van der Waals surface area contributed by atoms with Crippen molar-refractivity contribution in [1.29, 1.82) is 0 Å². The highest BCUT2D eigenvalue weighted by Crippen LogP contribution is 2.30. The maximum absolute atomic E-state index is 12.9. The van der Waals surface area contributed by atoms with E-state index in [-0.39, 0.29) is 17.2 Å². The normalized spacial score (nSPS) is 13.8. The second kappa shape index (κ2) is 9.90. The van der Waals surface area contributed by atoms with Gasteiger partial charge in [-0.3, -0.25) is 19.7 Å². The van der Waals surface area contributed by atoms with Gasteiger partial charge >= 0.3 is 0 Å². The van der Waals surface area contributed by atoms with Crippen molar-refractivity contribution in [1.82, 2.24) is 14.9 Å². The summed E-state index contributed by atoms with van der Waals surface area (Å²) in [5, 5.41) is 14.6. The second-order valence-electron chi connectivity index (χ2n) is 8.43. The number of H-pyrrole nitrogens is 1. The molecule has 0 spiro atoms. The van der Waals surface area contributed by atoms with E-state index in [9.17, 15) is 19.7 Å². The Kier molecular flexibility index (Phi) is 6.76. The molecular weight excluding hydrogens is 436 g/mol. The predicted molar refractivity (Wildman–Crippen MR) is 130 cm³/mol. The third-order valence-electron chi connectivity index (χ3n) is 6.06. The standard InChI is InChI=1S/C24H28N6O4/c1-3-4-5-23-26-19-8-7-18(15-20(19)27-23)25-24(32)17-6-9-21(22(14-17)30(33)34)29-12-10-28(11-13-29)16(2)31/h6-9,14-15H,3-5,10-13H2,1-2H3,(H,25,32)(H,26,27). The van der Waals surface area contributed by atoms with Crippen LogP contribution in [0.5, 0.6) is 0 Å². The number of nitrogens with zero attached hydrogens (tertiary/aromatic N) is 4. The molecular formula is C24H28N6O4. The Labute approximate surface area is 197 Å². The molecule has 1 fully saturated rings. The van der Waals surface area contributed by atoms with Gasteiger partial charge in [-0.25, -0.2) is 4.98 Å². The Morgan fingerprint density at radius 3 is 2.59 bits per heavy atom. The van der Waals surface area contributed by atoms with Crippen LogP contribution in [0, 0.1) is 10.1 Å². The molecule has 178 valence electrons. The minimum atomic E-state index is -0.474. The van der Waals surface area contributed by atoms with Gasteiger partial charge in [0.15, 0.2) is 0 Å². The summed E-state index contributed by atoms with van der Waals surface area (Å²) in [7, 11) is 0. The van der Waals surface area contributed by atoms with Crippen LogP contribution >= 0.6 is 0 Å². The molecule has 0 aliphatic carbocycles. The SMILES string of the molecule is CCCCc1nc2ccc(NC(=O)c3ccc(N4CCN(C(C)=O)CC4)c([N+](=O)[O-])c3)cc2[nH]1. The Balaban J connectivity index is 1.50. The van der Waals surface area contributed by atoms with Gasteiger partial charge in [-0.2, -0.15) is 0 Å². The summed E-state index contributed by atoms with van der Waals surface area (Å²) in [6.45, 7) is 5.64. The summed E-state index contributed by atoms with van der Waals surface area (Å²) in [4.78, 5) is 47.1. The first-order valence-electron chi connectivity index (χ1n) is 11.4. The van der Waals surface area contributed by atoms with Crippen molar-refractivity contribution in [3.8, 4) is 0 Å². The lowest BCUT2D eigenvalue weighted by molar-refractivity contribution is -0.384. The number of imidazole rings is 1. The van der Waals surface area contributed by atoms with Crippen LogP contribution in [0.1, 0.15) is 42.9 Å². The van der Waals surface area contributed by atoms with Crippen LogP contribution in [0.2, 0.25) is 0 Å². The summed E-state index contributed by atoms with van der Waals surface area (Å²) in [5.41, 5.74) is 2.75. The van der Waals surface area contributed by atoms with Gasteiger partial charge in [0.05, 0.1) is 16.0 Å². The quantitative estimate of drug-likeness (QED) is 0.405. The number of hydrogen-bond acceptors (Lipinski definition) is 6. The molecule has 2 aromatic carbocycles. The number of aryl methyl sites for hydroxylation is 1. The van der Waals surface area contributed by atoms with E-state index in [4.69, 9.17) is 0 Å². The first kappa shape index (κ1) is 23.2. The van der Waals surface area contributed by atoms with Crippen LogP contribution in [0.15, 0.2) is 36.4 Å². The van der Waals surface area contributed by atoms with E-state index in [1.165, 1.54) is 13.0 Å². The number of hydrogen-bond donors (Lipinski definition) is 2. The number of unbranched alkanes of at least 4 members (excludes halogenated alkanes) is 1. The number of aromatic nitrogens is 2. The number of anilines is 2. The van der Waals surface area contributed by atoms with Gasteiger partial charge in [-0.05, 0) is 36.8 Å². The fraction of sp³-hybridized carbons (Fsp3) is 0.375. The maximum Gasteiger partial charge on any atom is 0.293 e. The molecule has 2 N–H and O–H groups in total. The molecule has 0 atom stereocenters. The number of piperazine rings is 1. The number of amides is 2. The molecule has 1 aliphatic rings. The first-order chi connectivity index (χ1) is 16.4. The van der Waals surface area contributed by atoms with Gasteiger partial charge in [0.25, 0.3) is 11.6 Å². The van der Waals surface area contributed by atoms with Crippen LogP contribution in [0.25, 0.3) is 11.0 Å². The van der Waals surface area contributed by atoms with Crippen LogP contribution in [-0.2, 0) is 11.2 Å². The largest absolute Gasteiger partial charge is 0.362 e. The van der Waals surface area contributed by atoms with E-state index < -0.39 is 10.8 Å². The van der Waals surface area contributed by atoms with E-state index in [1.807, 2.05) is 17.0 Å². The zero-order valence-electron chi connectivity index (χ0n) is 19.3. The summed E-state index contributed by atoms with van der Waals surface area (Å²) < 4.78 is 0. The van der Waals surface area contributed by atoms with Crippen LogP contribution in [0.3, 0.4) is 0 Å². The number of aromatic amines is 1. The number of carbonyl (C=O) groups is 2. The zero-order valence-corrected chi connectivity index (χ0v) is 19.3. The smallest absolute Gasteiger partial charge is 0.293 e. The van der Waals surface area contributed by atoms with Crippen molar-refractivity contribution in [3.05, 3.63) is 57.9 Å². The predicted octanol–water partition coefficient (Wildman–Crippen LogP) is 3.73. The van der Waals surface area contributed by atoms with Gasteiger partial charge in [0.2, 0.25) is 5.91 Å². The molecule has 2 heterocycles. The summed E-state index contributed by atoms with van der Waals surface area (Å²) in [6, 6.07) is 9.92. The molecule has 4 rings (SSSR count). The fourth-order valence-electron chi connectivity index (χ4n) is 4.15. The Morgan fingerprint density at radius 2 is 1.91 bits per heavy atom. The van der Waals surface area contributed by atoms with Crippen molar-refractivity contribution in [2.24, 2.45) is 0 Å². The molecule has 1 aromatic heterocycles. The molecule has 0 saturated carbocycles. The zero-order chi connectivity index (χ0) is 24.2. The van der Waals surface area contributed by atoms with Crippen LogP contribution < -0.4 is 10.2 Å². The molecule has 1 saturated heterocycles. The Hall–Kier alpha value is -3.95. The van der Waals surface area contributed by atoms with Crippen molar-refractivity contribution in [2.45, 2.75) is 33.1 Å². The average molecular weight is 465 g/mol. The monoisotopic (exact) mass is 464 g/mol. The molecule has 0 radical (unpaired) electrons. The topological polar surface area (TPSA) is 124 Å². The van der Waals surface area contributed by atoms with E-state index in [2.05, 4.69) is 22.2 Å². The number of rotatable bonds is 7. The average Bonchev–Trinajstić information content (AvgIpc) is 3.24. The van der Waals surface area contributed by atoms with Crippen LogP contribution in [-0.4, -0.2) is 57.8 Å². The number of fused-ring (bicyclic) bond motifs is 1. The molecule has 34 heavy (non-hydrogen) atoms. The highest BCUT2D eigenvalue weighted by molar-refractivity contribution is 6.05. The highest BCUT2D eigenvalue weighted by atomic mass is 16.6. The number of nitro benzene ring substituents is 1. The van der Waals surface area contributed by atoms with Crippen molar-refractivity contribution in [2.75, 3.05) is 36.4 Å². The van der Waals surface area contributed by atoms with E-state index in [0.717, 1.165) is 36.1 Å². The highest BCUT2D eigenvalue weighted by Gasteiger charge is 2.26. The van der Waals surface area contributed by atoms with Gasteiger partial charge < -0.3 is 20.1 Å². The van der Waals surface area contributed by atoms with Crippen molar-refractivity contribution in [3.63, 3.8) is 0 Å². The molecule has 2 amide bonds. The summed E-state index contributed by atoms with van der Waals surface area (Å²) >= 11 is 0. The molecule has 10 heteroatoms. The second-order valence-corrected chi connectivity index (χ2v) is 8.43. The van der Waals surface area contributed by atoms with E-state index in [0.29, 0.717) is 37.6 Å². The fourth-order valence-corrected chi connectivity index (χ4v) is 4.15. The Bertz CT molecular complexity index is 1230. The lowest BCUT2D eigenvalue weighted by Gasteiger charge is -2.35. The van der Waals surface area contributed by atoms with Gasteiger partial charge in [-0.1, -0.05) is 13.3 Å². The van der Waals surface area contributed by atoms with Crippen molar-refractivity contribution < 1.29 is 14.5 Å². The van der Waals surface area contributed by atoms with E-state index in [1.54, 1.807) is 23.1 Å². The molecule has 1 aliphatic heterocycles. The van der Waals surface area contributed by atoms with Gasteiger partial charge in [0.1, 0.15) is 11.5 Å².